The third-order valence-electron chi connectivity index (χ3n) is 4.53. The fraction of sp³-hybridized carbons (Fsp3) is 0.300. The molecule has 8 heteroatoms. The molecular formula is C20H23N5O3. The Morgan fingerprint density at radius 2 is 1.57 bits per heavy atom. The van der Waals surface area contributed by atoms with Crippen LogP contribution in [0.15, 0.2) is 42.6 Å². The van der Waals surface area contributed by atoms with Gasteiger partial charge in [0.15, 0.2) is 0 Å². The highest BCUT2D eigenvalue weighted by Crippen LogP contribution is 2.17. The molecule has 0 saturated carbocycles. The normalized spacial score (nSPS) is 13.2. The Balaban J connectivity index is 1.51. The second kappa shape index (κ2) is 8.98. The quantitative estimate of drug-likeness (QED) is 0.657. The van der Waals surface area contributed by atoms with E-state index in [1.54, 1.807) is 36.5 Å². The topological polar surface area (TPSA) is 117 Å². The fourth-order valence-corrected chi connectivity index (χ4v) is 2.98. The van der Waals surface area contributed by atoms with Crippen molar-refractivity contribution in [1.29, 1.82) is 0 Å². The average Bonchev–Trinajstić information content (AvgIpc) is 3.25. The smallest absolute Gasteiger partial charge is 0.253 e. The van der Waals surface area contributed by atoms with Gasteiger partial charge in [0, 0.05) is 31.4 Å². The molecule has 4 N–H and O–H groups in total. The largest absolute Gasteiger partial charge is 0.368 e. The standard InChI is InChI=1S/C20H23N5O3/c21-17(26)13-24-19(27)15-5-3-14(4-6-15)11-23-20(28)16-7-8-18(22-12-16)25-9-1-2-10-25/h3-8,12H,1-2,9-11,13H2,(H2,21,26)(H,23,28)(H,24,27). The molecule has 0 aliphatic carbocycles. The zero-order chi connectivity index (χ0) is 19.9. The highest BCUT2D eigenvalue weighted by Gasteiger charge is 2.14. The van der Waals surface area contributed by atoms with Crippen molar-refractivity contribution in [2.45, 2.75) is 19.4 Å². The SMILES string of the molecule is NC(=O)CNC(=O)c1ccc(CNC(=O)c2ccc(N3CCCC3)nc2)cc1. The van der Waals surface area contributed by atoms with Crippen molar-refractivity contribution in [3.8, 4) is 0 Å². The maximum atomic E-state index is 12.3. The number of aromatic nitrogens is 1. The summed E-state index contributed by atoms with van der Waals surface area (Å²) in [7, 11) is 0. The van der Waals surface area contributed by atoms with E-state index in [2.05, 4.69) is 20.5 Å². The first-order valence-corrected chi connectivity index (χ1v) is 9.17. The molecule has 1 aliphatic heterocycles. The number of amides is 3. The first-order valence-electron chi connectivity index (χ1n) is 9.17. The lowest BCUT2D eigenvalue weighted by atomic mass is 10.1. The number of primary amides is 1. The maximum Gasteiger partial charge on any atom is 0.253 e. The number of benzene rings is 1. The summed E-state index contributed by atoms with van der Waals surface area (Å²) in [6, 6.07) is 10.4. The number of anilines is 1. The van der Waals surface area contributed by atoms with Crippen LogP contribution in [0, 0.1) is 0 Å². The zero-order valence-electron chi connectivity index (χ0n) is 15.5. The van der Waals surface area contributed by atoms with Crippen LogP contribution in [-0.4, -0.2) is 42.3 Å². The van der Waals surface area contributed by atoms with E-state index in [4.69, 9.17) is 5.73 Å². The van der Waals surface area contributed by atoms with Gasteiger partial charge in [-0.25, -0.2) is 4.98 Å². The van der Waals surface area contributed by atoms with Gasteiger partial charge >= 0.3 is 0 Å². The summed E-state index contributed by atoms with van der Waals surface area (Å²) in [6.45, 7) is 2.14. The highest BCUT2D eigenvalue weighted by atomic mass is 16.2. The second-order valence-corrected chi connectivity index (χ2v) is 6.63. The van der Waals surface area contributed by atoms with Crippen LogP contribution in [0.2, 0.25) is 0 Å². The lowest BCUT2D eigenvalue weighted by molar-refractivity contribution is -0.117. The predicted octanol–water partition coefficient (Wildman–Crippen LogP) is 0.827. The molecule has 0 bridgehead atoms. The van der Waals surface area contributed by atoms with Crippen LogP contribution in [0.4, 0.5) is 5.82 Å². The summed E-state index contributed by atoms with van der Waals surface area (Å²) in [5.41, 5.74) is 6.77. The van der Waals surface area contributed by atoms with Crippen LogP contribution in [0.25, 0.3) is 0 Å². The number of carbonyl (C=O) groups excluding carboxylic acids is 3. The van der Waals surface area contributed by atoms with Gasteiger partial charge in [0.25, 0.3) is 11.8 Å². The van der Waals surface area contributed by atoms with E-state index in [1.165, 1.54) is 12.8 Å². The van der Waals surface area contributed by atoms with Crippen molar-refractivity contribution in [1.82, 2.24) is 15.6 Å². The van der Waals surface area contributed by atoms with Crippen molar-refractivity contribution in [2.75, 3.05) is 24.5 Å². The first-order chi connectivity index (χ1) is 13.5. The number of hydrogen-bond acceptors (Lipinski definition) is 5. The van der Waals surface area contributed by atoms with Gasteiger partial charge in [-0.1, -0.05) is 12.1 Å². The lowest BCUT2D eigenvalue weighted by Gasteiger charge is -2.16. The molecule has 0 unspecified atom stereocenters. The van der Waals surface area contributed by atoms with E-state index < -0.39 is 5.91 Å². The van der Waals surface area contributed by atoms with E-state index >= 15 is 0 Å². The summed E-state index contributed by atoms with van der Waals surface area (Å²) >= 11 is 0. The zero-order valence-corrected chi connectivity index (χ0v) is 15.5. The number of nitrogens with two attached hydrogens (primary N) is 1. The Morgan fingerprint density at radius 1 is 0.929 bits per heavy atom. The lowest BCUT2D eigenvalue weighted by Crippen LogP contribution is -2.33. The van der Waals surface area contributed by atoms with Crippen LogP contribution in [0.1, 0.15) is 39.1 Å². The Bertz CT molecular complexity index is 843. The van der Waals surface area contributed by atoms with E-state index in [0.29, 0.717) is 17.7 Å². The molecule has 1 fully saturated rings. The average molecular weight is 381 g/mol. The maximum absolute atomic E-state index is 12.3. The second-order valence-electron chi connectivity index (χ2n) is 6.63. The van der Waals surface area contributed by atoms with Crippen molar-refractivity contribution in [3.05, 3.63) is 59.3 Å². The molecule has 2 aromatic rings. The summed E-state index contributed by atoms with van der Waals surface area (Å²) in [4.78, 5) is 41.4. The monoisotopic (exact) mass is 381 g/mol. The van der Waals surface area contributed by atoms with Crippen LogP contribution in [0.5, 0.6) is 0 Å². The highest BCUT2D eigenvalue weighted by molar-refractivity contribution is 5.96. The molecule has 3 amide bonds. The minimum absolute atomic E-state index is 0.205. The van der Waals surface area contributed by atoms with Gasteiger partial charge in [0.2, 0.25) is 5.91 Å². The van der Waals surface area contributed by atoms with Gasteiger partial charge in [0.05, 0.1) is 12.1 Å². The number of nitrogens with zero attached hydrogens (tertiary/aromatic N) is 2. The molecule has 1 aromatic carbocycles. The minimum Gasteiger partial charge on any atom is -0.368 e. The van der Waals surface area contributed by atoms with Gasteiger partial charge < -0.3 is 21.3 Å². The minimum atomic E-state index is -0.601. The molecule has 3 rings (SSSR count). The summed E-state index contributed by atoms with van der Waals surface area (Å²) in [5.74, 6) is -0.280. The first kappa shape index (κ1) is 19.3. The van der Waals surface area contributed by atoms with E-state index in [9.17, 15) is 14.4 Å². The van der Waals surface area contributed by atoms with Gasteiger partial charge in [-0.3, -0.25) is 14.4 Å². The third-order valence-corrected chi connectivity index (χ3v) is 4.53. The molecule has 0 spiro atoms. The van der Waals surface area contributed by atoms with Crippen LogP contribution in [0.3, 0.4) is 0 Å². The predicted molar refractivity (Wildman–Crippen MR) is 105 cm³/mol. The van der Waals surface area contributed by atoms with Gasteiger partial charge in [0.1, 0.15) is 5.82 Å². The molecule has 1 aromatic heterocycles. The number of carbonyl (C=O) groups is 3. The van der Waals surface area contributed by atoms with Crippen LogP contribution >= 0.6 is 0 Å². The molecule has 0 atom stereocenters. The molecule has 146 valence electrons. The number of rotatable bonds is 7. The molecule has 1 saturated heterocycles. The Kier molecular flexibility index (Phi) is 6.21. The molecule has 0 radical (unpaired) electrons. The van der Waals surface area contributed by atoms with E-state index in [0.717, 1.165) is 24.5 Å². The number of nitrogens with one attached hydrogen (secondary N) is 2. The van der Waals surface area contributed by atoms with Gasteiger partial charge in [-0.15, -0.1) is 0 Å². The Morgan fingerprint density at radius 3 is 2.18 bits per heavy atom. The van der Waals surface area contributed by atoms with Gasteiger partial charge in [-0.2, -0.15) is 0 Å². The van der Waals surface area contributed by atoms with E-state index in [1.807, 2.05) is 6.07 Å². The van der Waals surface area contributed by atoms with Crippen LogP contribution in [-0.2, 0) is 11.3 Å². The van der Waals surface area contributed by atoms with Crippen LogP contribution < -0.4 is 21.3 Å². The van der Waals surface area contributed by atoms with Crippen molar-refractivity contribution in [3.63, 3.8) is 0 Å². The number of pyridine rings is 1. The van der Waals surface area contributed by atoms with Crippen molar-refractivity contribution >= 4 is 23.5 Å². The molecule has 28 heavy (non-hydrogen) atoms. The Labute approximate surface area is 163 Å². The molecule has 8 nitrogen and oxygen atoms in total. The summed E-state index contributed by atoms with van der Waals surface area (Å²) in [5, 5.41) is 5.26. The Hall–Kier alpha value is -3.42. The molecule has 1 aliphatic rings. The fourth-order valence-electron chi connectivity index (χ4n) is 2.98. The van der Waals surface area contributed by atoms with Gasteiger partial charge in [-0.05, 0) is 42.7 Å². The summed E-state index contributed by atoms with van der Waals surface area (Å²) in [6.07, 6.45) is 3.94. The van der Waals surface area contributed by atoms with Crippen molar-refractivity contribution in [2.24, 2.45) is 5.73 Å². The van der Waals surface area contributed by atoms with E-state index in [-0.39, 0.29) is 18.4 Å². The molecule has 2 heterocycles. The third kappa shape index (κ3) is 5.06. The number of hydrogen-bond donors (Lipinski definition) is 3. The summed E-state index contributed by atoms with van der Waals surface area (Å²) < 4.78 is 0. The molecular weight excluding hydrogens is 358 g/mol. The van der Waals surface area contributed by atoms with Crippen molar-refractivity contribution < 1.29 is 14.4 Å².